The molecule has 1 aliphatic heterocycles. The summed E-state index contributed by atoms with van der Waals surface area (Å²) < 4.78 is 5.74. The fourth-order valence-electron chi connectivity index (χ4n) is 2.41. The Morgan fingerprint density at radius 1 is 1.50 bits per heavy atom. The van der Waals surface area contributed by atoms with Crippen LogP contribution >= 0.6 is 0 Å². The van der Waals surface area contributed by atoms with E-state index in [1.54, 1.807) is 4.90 Å². The Balaban J connectivity index is 2.10. The number of carbonyl (C=O) groups excluding carboxylic acids is 1. The van der Waals surface area contributed by atoms with Crippen molar-refractivity contribution in [1.29, 1.82) is 5.26 Å². The first-order valence-corrected chi connectivity index (χ1v) is 5.77. The third kappa shape index (κ3) is 1.92. The average Bonchev–Trinajstić information content (AvgIpc) is 2.94. The second-order valence-corrected chi connectivity index (χ2v) is 5.57. The van der Waals surface area contributed by atoms with Crippen LogP contribution in [0.5, 0.6) is 0 Å². The minimum atomic E-state index is -0.701. The summed E-state index contributed by atoms with van der Waals surface area (Å²) in [6.07, 6.45) is 1.48. The molecule has 1 heterocycles. The van der Waals surface area contributed by atoms with Crippen LogP contribution in [-0.2, 0) is 9.53 Å². The highest BCUT2D eigenvalue weighted by molar-refractivity contribution is 5.88. The predicted octanol–water partition coefficient (Wildman–Crippen LogP) is 1.32. The zero-order chi connectivity index (χ0) is 12.0. The Hall–Kier alpha value is -1.08. The molecule has 1 amide bonds. The van der Waals surface area contributed by atoms with E-state index in [1.807, 2.05) is 20.8 Å². The summed E-state index contributed by atoms with van der Waals surface area (Å²) in [5.74, 6) is -0.00164. The highest BCUT2D eigenvalue weighted by atomic mass is 16.5. The standard InChI is InChI=1S/C12H18N2O2/c1-9-6-14(8-11(2,3)16-9)10(15)12(7-13)4-5-12/h9H,4-6,8H2,1-3H3. The molecule has 1 atom stereocenters. The summed E-state index contributed by atoms with van der Waals surface area (Å²) in [6.45, 7) is 7.11. The maximum absolute atomic E-state index is 12.2. The van der Waals surface area contributed by atoms with Crippen LogP contribution in [0, 0.1) is 16.7 Å². The van der Waals surface area contributed by atoms with Crippen LogP contribution in [0.1, 0.15) is 33.6 Å². The number of nitriles is 1. The summed E-state index contributed by atoms with van der Waals surface area (Å²) in [5, 5.41) is 9.02. The molecule has 0 aromatic rings. The first kappa shape index (κ1) is 11.4. The van der Waals surface area contributed by atoms with Crippen LogP contribution in [-0.4, -0.2) is 35.6 Å². The predicted molar refractivity (Wildman–Crippen MR) is 58.5 cm³/mol. The Bertz CT molecular complexity index is 353. The highest BCUT2D eigenvalue weighted by Gasteiger charge is 2.53. The van der Waals surface area contributed by atoms with E-state index in [0.717, 1.165) is 0 Å². The van der Waals surface area contributed by atoms with Crippen LogP contribution in [0.4, 0.5) is 0 Å². The van der Waals surface area contributed by atoms with Gasteiger partial charge in [0.05, 0.1) is 17.8 Å². The number of nitrogens with zero attached hydrogens (tertiary/aromatic N) is 2. The molecule has 0 spiro atoms. The smallest absolute Gasteiger partial charge is 0.243 e. The zero-order valence-electron chi connectivity index (χ0n) is 10.1. The molecule has 2 aliphatic rings. The molecular formula is C12H18N2O2. The van der Waals surface area contributed by atoms with Gasteiger partial charge in [-0.25, -0.2) is 0 Å². The Morgan fingerprint density at radius 3 is 2.56 bits per heavy atom. The Morgan fingerprint density at radius 2 is 2.12 bits per heavy atom. The summed E-state index contributed by atoms with van der Waals surface area (Å²) >= 11 is 0. The third-order valence-electron chi connectivity index (χ3n) is 3.23. The SMILES string of the molecule is CC1CN(C(=O)C2(C#N)CC2)CC(C)(C)O1. The zero-order valence-corrected chi connectivity index (χ0v) is 10.1. The van der Waals surface area contributed by atoms with Gasteiger partial charge in [0, 0.05) is 13.1 Å². The molecule has 4 nitrogen and oxygen atoms in total. The molecule has 0 radical (unpaired) electrons. The number of hydrogen-bond donors (Lipinski definition) is 0. The van der Waals surface area contributed by atoms with E-state index in [4.69, 9.17) is 10.00 Å². The lowest BCUT2D eigenvalue weighted by Gasteiger charge is -2.42. The lowest BCUT2D eigenvalue weighted by Crippen LogP contribution is -2.55. The quantitative estimate of drug-likeness (QED) is 0.672. The van der Waals surface area contributed by atoms with Crippen LogP contribution < -0.4 is 0 Å². The summed E-state index contributed by atoms with van der Waals surface area (Å²) in [7, 11) is 0. The molecule has 0 N–H and O–H groups in total. The lowest BCUT2D eigenvalue weighted by molar-refractivity contribution is -0.161. The Kier molecular flexibility index (Phi) is 2.47. The van der Waals surface area contributed by atoms with Crippen LogP contribution in [0.25, 0.3) is 0 Å². The second-order valence-electron chi connectivity index (χ2n) is 5.57. The topological polar surface area (TPSA) is 53.3 Å². The molecule has 2 fully saturated rings. The molecule has 0 bridgehead atoms. The van der Waals surface area contributed by atoms with Crippen LogP contribution in [0.15, 0.2) is 0 Å². The van der Waals surface area contributed by atoms with Gasteiger partial charge in [-0.15, -0.1) is 0 Å². The first-order valence-electron chi connectivity index (χ1n) is 5.77. The molecule has 0 aromatic carbocycles. The van der Waals surface area contributed by atoms with E-state index in [0.29, 0.717) is 25.9 Å². The first-order chi connectivity index (χ1) is 7.38. The Labute approximate surface area is 96.2 Å². The maximum atomic E-state index is 12.2. The minimum Gasteiger partial charge on any atom is -0.369 e. The van der Waals surface area contributed by atoms with Crippen LogP contribution in [0.2, 0.25) is 0 Å². The summed E-state index contributed by atoms with van der Waals surface area (Å²) in [4.78, 5) is 14.0. The molecular weight excluding hydrogens is 204 g/mol. The molecule has 1 saturated carbocycles. The van der Waals surface area contributed by atoms with Crippen molar-refractivity contribution in [2.24, 2.45) is 5.41 Å². The van der Waals surface area contributed by atoms with E-state index < -0.39 is 5.41 Å². The van der Waals surface area contributed by atoms with Gasteiger partial charge in [0.2, 0.25) is 5.91 Å². The number of carbonyl (C=O) groups is 1. The largest absolute Gasteiger partial charge is 0.369 e. The van der Waals surface area contributed by atoms with Crippen molar-refractivity contribution in [2.45, 2.75) is 45.3 Å². The molecule has 1 unspecified atom stereocenters. The van der Waals surface area contributed by atoms with Crippen molar-refractivity contribution in [1.82, 2.24) is 4.90 Å². The van der Waals surface area contributed by atoms with E-state index >= 15 is 0 Å². The van der Waals surface area contributed by atoms with E-state index in [-0.39, 0.29) is 17.6 Å². The number of rotatable bonds is 1. The van der Waals surface area contributed by atoms with Gasteiger partial charge in [0.25, 0.3) is 0 Å². The average molecular weight is 222 g/mol. The van der Waals surface area contributed by atoms with Gasteiger partial charge in [0.15, 0.2) is 0 Å². The summed E-state index contributed by atoms with van der Waals surface area (Å²) in [6, 6.07) is 2.16. The van der Waals surface area contributed by atoms with Crippen molar-refractivity contribution in [3.05, 3.63) is 0 Å². The maximum Gasteiger partial charge on any atom is 0.243 e. The molecule has 1 aliphatic carbocycles. The normalized spacial score (nSPS) is 30.6. The van der Waals surface area contributed by atoms with Gasteiger partial charge in [0.1, 0.15) is 5.41 Å². The fraction of sp³-hybridized carbons (Fsp3) is 0.833. The molecule has 88 valence electrons. The van der Waals surface area contributed by atoms with Crippen molar-refractivity contribution >= 4 is 5.91 Å². The third-order valence-corrected chi connectivity index (χ3v) is 3.23. The van der Waals surface area contributed by atoms with E-state index in [9.17, 15) is 4.79 Å². The fourth-order valence-corrected chi connectivity index (χ4v) is 2.41. The van der Waals surface area contributed by atoms with Crippen molar-refractivity contribution in [3.8, 4) is 6.07 Å². The van der Waals surface area contributed by atoms with Gasteiger partial charge >= 0.3 is 0 Å². The monoisotopic (exact) mass is 222 g/mol. The number of morpholine rings is 1. The van der Waals surface area contributed by atoms with Crippen molar-refractivity contribution < 1.29 is 9.53 Å². The van der Waals surface area contributed by atoms with Gasteiger partial charge in [-0.05, 0) is 33.6 Å². The number of hydrogen-bond acceptors (Lipinski definition) is 3. The molecule has 1 saturated heterocycles. The highest BCUT2D eigenvalue weighted by Crippen LogP contribution is 2.47. The van der Waals surface area contributed by atoms with E-state index in [1.165, 1.54) is 0 Å². The van der Waals surface area contributed by atoms with Crippen LogP contribution in [0.3, 0.4) is 0 Å². The number of amides is 1. The van der Waals surface area contributed by atoms with Gasteiger partial charge in [-0.2, -0.15) is 5.26 Å². The van der Waals surface area contributed by atoms with Gasteiger partial charge < -0.3 is 9.64 Å². The number of ether oxygens (including phenoxy) is 1. The molecule has 16 heavy (non-hydrogen) atoms. The molecule has 0 aromatic heterocycles. The van der Waals surface area contributed by atoms with E-state index in [2.05, 4.69) is 6.07 Å². The molecule has 4 heteroatoms. The van der Waals surface area contributed by atoms with Crippen molar-refractivity contribution in [2.75, 3.05) is 13.1 Å². The lowest BCUT2D eigenvalue weighted by atomic mass is 10.0. The molecule has 2 rings (SSSR count). The van der Waals surface area contributed by atoms with Gasteiger partial charge in [-0.1, -0.05) is 0 Å². The van der Waals surface area contributed by atoms with Gasteiger partial charge in [-0.3, -0.25) is 4.79 Å². The van der Waals surface area contributed by atoms with Crippen molar-refractivity contribution in [3.63, 3.8) is 0 Å². The second kappa shape index (κ2) is 3.46. The summed E-state index contributed by atoms with van der Waals surface area (Å²) in [5.41, 5.74) is -1.01. The minimum absolute atomic E-state index is 0.00164.